The second-order valence-corrected chi connectivity index (χ2v) is 8.36. The monoisotopic (exact) mass is 350 g/mol. The Morgan fingerprint density at radius 3 is 2.32 bits per heavy atom. The van der Waals surface area contributed by atoms with Gasteiger partial charge >= 0.3 is 0 Å². The van der Waals surface area contributed by atoms with E-state index < -0.39 is 0 Å². The third-order valence-corrected chi connectivity index (χ3v) is 6.32. The molecule has 0 spiro atoms. The van der Waals surface area contributed by atoms with Crippen molar-refractivity contribution >= 4 is 5.96 Å². The summed E-state index contributed by atoms with van der Waals surface area (Å²) in [5, 5.41) is 3.56. The van der Waals surface area contributed by atoms with Crippen molar-refractivity contribution in [1.82, 2.24) is 15.1 Å². The lowest BCUT2D eigenvalue weighted by molar-refractivity contribution is 0.00863. The number of morpholine rings is 1. The smallest absolute Gasteiger partial charge is 0.193 e. The summed E-state index contributed by atoms with van der Waals surface area (Å²) in [6, 6.07) is 0.516. The number of nitrogens with zero attached hydrogens (tertiary/aromatic N) is 3. The van der Waals surface area contributed by atoms with E-state index in [0.29, 0.717) is 12.0 Å². The molecule has 0 bridgehead atoms. The molecule has 144 valence electrons. The van der Waals surface area contributed by atoms with Gasteiger partial charge in [0, 0.05) is 38.8 Å². The summed E-state index contributed by atoms with van der Waals surface area (Å²) in [7, 11) is 0. The molecule has 5 nitrogen and oxygen atoms in total. The van der Waals surface area contributed by atoms with Gasteiger partial charge in [-0.25, -0.2) is 0 Å². The van der Waals surface area contributed by atoms with Gasteiger partial charge in [0.2, 0.25) is 0 Å². The van der Waals surface area contributed by atoms with E-state index in [-0.39, 0.29) is 0 Å². The lowest BCUT2D eigenvalue weighted by Crippen LogP contribution is -2.48. The summed E-state index contributed by atoms with van der Waals surface area (Å²) >= 11 is 0. The van der Waals surface area contributed by atoms with E-state index in [0.717, 1.165) is 57.2 Å². The van der Waals surface area contributed by atoms with E-state index in [9.17, 15) is 0 Å². The zero-order chi connectivity index (χ0) is 17.6. The van der Waals surface area contributed by atoms with Crippen molar-refractivity contribution in [3.8, 4) is 0 Å². The van der Waals surface area contributed by atoms with Crippen LogP contribution in [-0.2, 0) is 4.74 Å². The average molecular weight is 351 g/mol. The summed E-state index contributed by atoms with van der Waals surface area (Å²) < 4.78 is 5.53. The van der Waals surface area contributed by atoms with Crippen LogP contribution < -0.4 is 5.32 Å². The van der Waals surface area contributed by atoms with Crippen LogP contribution in [0.1, 0.15) is 46.5 Å². The SMILES string of the molecule is CCNC(=NCC(C(C)C)N1CCOCC1)N1CC2CCCCC2C1. The highest BCUT2D eigenvalue weighted by atomic mass is 16.5. The van der Waals surface area contributed by atoms with Crippen LogP contribution in [-0.4, -0.2) is 74.3 Å². The van der Waals surface area contributed by atoms with E-state index in [1.54, 1.807) is 0 Å². The van der Waals surface area contributed by atoms with Gasteiger partial charge in [0.15, 0.2) is 5.96 Å². The predicted octanol–water partition coefficient (Wildman–Crippen LogP) is 2.43. The van der Waals surface area contributed by atoms with Crippen molar-refractivity contribution in [2.24, 2.45) is 22.7 Å². The first-order valence-electron chi connectivity index (χ1n) is 10.5. The first kappa shape index (κ1) is 19.0. The van der Waals surface area contributed by atoms with Gasteiger partial charge in [-0.2, -0.15) is 0 Å². The lowest BCUT2D eigenvalue weighted by Gasteiger charge is -2.36. The van der Waals surface area contributed by atoms with Gasteiger partial charge in [0.25, 0.3) is 0 Å². The van der Waals surface area contributed by atoms with E-state index in [1.165, 1.54) is 38.8 Å². The molecule has 5 heteroatoms. The fraction of sp³-hybridized carbons (Fsp3) is 0.950. The molecule has 2 aliphatic heterocycles. The Morgan fingerprint density at radius 1 is 1.12 bits per heavy atom. The summed E-state index contributed by atoms with van der Waals surface area (Å²) in [5.74, 6) is 3.57. The zero-order valence-electron chi connectivity index (χ0n) is 16.5. The molecule has 0 aromatic heterocycles. The molecule has 3 unspecified atom stereocenters. The van der Waals surface area contributed by atoms with Crippen molar-refractivity contribution in [3.05, 3.63) is 0 Å². The Labute approximate surface area is 154 Å². The second-order valence-electron chi connectivity index (χ2n) is 8.36. The number of ether oxygens (including phenoxy) is 1. The number of nitrogens with one attached hydrogen (secondary N) is 1. The van der Waals surface area contributed by atoms with Crippen LogP contribution in [0.4, 0.5) is 0 Å². The molecule has 0 amide bonds. The Hall–Kier alpha value is -0.810. The van der Waals surface area contributed by atoms with Gasteiger partial charge < -0.3 is 15.0 Å². The fourth-order valence-electron chi connectivity index (χ4n) is 4.84. The van der Waals surface area contributed by atoms with Gasteiger partial charge in [-0.1, -0.05) is 26.7 Å². The summed E-state index contributed by atoms with van der Waals surface area (Å²) in [6.45, 7) is 14.9. The van der Waals surface area contributed by atoms with E-state index >= 15 is 0 Å². The zero-order valence-corrected chi connectivity index (χ0v) is 16.5. The van der Waals surface area contributed by atoms with Crippen molar-refractivity contribution in [2.45, 2.75) is 52.5 Å². The van der Waals surface area contributed by atoms with Crippen LogP contribution in [0.2, 0.25) is 0 Å². The minimum atomic E-state index is 0.516. The molecule has 3 atom stereocenters. The lowest BCUT2D eigenvalue weighted by atomic mass is 9.82. The molecule has 1 saturated carbocycles. The molecule has 0 aromatic rings. The molecule has 25 heavy (non-hydrogen) atoms. The Balaban J connectivity index is 1.64. The molecule has 0 radical (unpaired) electrons. The molecule has 3 rings (SSSR count). The highest BCUT2D eigenvalue weighted by Crippen LogP contribution is 2.36. The van der Waals surface area contributed by atoms with Crippen LogP contribution in [0, 0.1) is 17.8 Å². The average Bonchev–Trinajstić information content (AvgIpc) is 3.05. The van der Waals surface area contributed by atoms with Crippen molar-refractivity contribution in [2.75, 3.05) is 52.5 Å². The highest BCUT2D eigenvalue weighted by Gasteiger charge is 2.35. The molecule has 1 aliphatic carbocycles. The van der Waals surface area contributed by atoms with Crippen molar-refractivity contribution in [3.63, 3.8) is 0 Å². The third-order valence-electron chi connectivity index (χ3n) is 6.32. The topological polar surface area (TPSA) is 40.1 Å². The number of fused-ring (bicyclic) bond motifs is 1. The summed E-state index contributed by atoms with van der Waals surface area (Å²) in [6.07, 6.45) is 5.69. The molecule has 0 aromatic carbocycles. The van der Waals surface area contributed by atoms with E-state index in [1.807, 2.05) is 0 Å². The fourth-order valence-corrected chi connectivity index (χ4v) is 4.84. The van der Waals surface area contributed by atoms with Gasteiger partial charge in [0.05, 0.1) is 19.8 Å². The normalized spacial score (nSPS) is 29.8. The molecule has 2 saturated heterocycles. The van der Waals surface area contributed by atoms with Crippen molar-refractivity contribution < 1.29 is 4.74 Å². The molecular weight excluding hydrogens is 312 g/mol. The number of rotatable bonds is 5. The van der Waals surface area contributed by atoms with Crippen molar-refractivity contribution in [1.29, 1.82) is 0 Å². The van der Waals surface area contributed by atoms with Crippen LogP contribution in [0.25, 0.3) is 0 Å². The second kappa shape index (κ2) is 9.22. The van der Waals surface area contributed by atoms with Gasteiger partial charge in [-0.15, -0.1) is 0 Å². The molecule has 1 N–H and O–H groups in total. The number of aliphatic imine (C=N–C) groups is 1. The Morgan fingerprint density at radius 2 is 1.76 bits per heavy atom. The van der Waals surface area contributed by atoms with Crippen LogP contribution in [0.15, 0.2) is 4.99 Å². The third kappa shape index (κ3) is 4.88. The first-order chi connectivity index (χ1) is 12.2. The van der Waals surface area contributed by atoms with Crippen LogP contribution in [0.5, 0.6) is 0 Å². The number of hydrogen-bond donors (Lipinski definition) is 1. The number of likely N-dealkylation sites (tertiary alicyclic amines) is 1. The van der Waals surface area contributed by atoms with Crippen LogP contribution in [0.3, 0.4) is 0 Å². The molecule has 3 aliphatic rings. The molecule has 2 heterocycles. The number of hydrogen-bond acceptors (Lipinski definition) is 3. The molecule has 3 fully saturated rings. The maximum atomic E-state index is 5.53. The highest BCUT2D eigenvalue weighted by molar-refractivity contribution is 5.80. The first-order valence-corrected chi connectivity index (χ1v) is 10.5. The summed E-state index contributed by atoms with van der Waals surface area (Å²) in [4.78, 5) is 10.2. The van der Waals surface area contributed by atoms with E-state index in [2.05, 4.69) is 35.9 Å². The predicted molar refractivity (Wildman–Crippen MR) is 104 cm³/mol. The van der Waals surface area contributed by atoms with Gasteiger partial charge in [-0.05, 0) is 37.5 Å². The van der Waals surface area contributed by atoms with Gasteiger partial charge in [0.1, 0.15) is 0 Å². The minimum Gasteiger partial charge on any atom is -0.379 e. The maximum Gasteiger partial charge on any atom is 0.193 e. The quantitative estimate of drug-likeness (QED) is 0.611. The van der Waals surface area contributed by atoms with Gasteiger partial charge in [-0.3, -0.25) is 9.89 Å². The minimum absolute atomic E-state index is 0.516. The van der Waals surface area contributed by atoms with E-state index in [4.69, 9.17) is 9.73 Å². The molecular formula is C20H38N4O. The standard InChI is InChI=1S/C20H38N4O/c1-4-21-20(24-14-17-7-5-6-8-18(17)15-24)22-13-19(16(2)3)23-9-11-25-12-10-23/h16-19H,4-15H2,1-3H3,(H,21,22). The summed E-state index contributed by atoms with van der Waals surface area (Å²) in [5.41, 5.74) is 0. The van der Waals surface area contributed by atoms with Crippen LogP contribution >= 0.6 is 0 Å². The number of guanidine groups is 1. The maximum absolute atomic E-state index is 5.53. The Kier molecular flexibility index (Phi) is 7.00. The largest absolute Gasteiger partial charge is 0.379 e. The Bertz CT molecular complexity index is 419.